The lowest BCUT2D eigenvalue weighted by molar-refractivity contribution is 0.405. The number of hydrogen-bond acceptors (Lipinski definition) is 2. The van der Waals surface area contributed by atoms with Crippen LogP contribution >= 0.6 is 0 Å². The second-order valence-corrected chi connectivity index (χ2v) is 2.67. The molecule has 0 aliphatic rings. The van der Waals surface area contributed by atoms with E-state index in [1.165, 1.54) is 5.56 Å². The van der Waals surface area contributed by atoms with Crippen molar-refractivity contribution in [3.05, 3.63) is 29.3 Å². The van der Waals surface area contributed by atoms with Gasteiger partial charge in [0.2, 0.25) is 0 Å². The maximum atomic E-state index is 5.57. The lowest BCUT2D eigenvalue weighted by Crippen LogP contribution is -2.01. The molecule has 1 aromatic rings. The lowest BCUT2D eigenvalue weighted by Gasteiger charge is -2.10. The van der Waals surface area contributed by atoms with Gasteiger partial charge in [-0.1, -0.05) is 25.1 Å². The van der Waals surface area contributed by atoms with Crippen molar-refractivity contribution >= 4 is 0 Å². The highest BCUT2D eigenvalue weighted by atomic mass is 16.5. The van der Waals surface area contributed by atoms with E-state index < -0.39 is 0 Å². The van der Waals surface area contributed by atoms with E-state index in [1.54, 1.807) is 7.11 Å². The minimum absolute atomic E-state index is 0.539. The zero-order valence-electron chi connectivity index (χ0n) is 7.63. The largest absolute Gasteiger partial charge is 0.496 e. The minimum Gasteiger partial charge on any atom is -0.496 e. The van der Waals surface area contributed by atoms with Crippen LogP contribution < -0.4 is 10.5 Å². The molecule has 0 heterocycles. The van der Waals surface area contributed by atoms with E-state index >= 15 is 0 Å². The molecule has 2 N–H and O–H groups in total. The van der Waals surface area contributed by atoms with E-state index in [0.717, 1.165) is 17.7 Å². The van der Waals surface area contributed by atoms with Gasteiger partial charge in [-0.05, 0) is 12.0 Å². The van der Waals surface area contributed by atoms with Gasteiger partial charge < -0.3 is 10.5 Å². The van der Waals surface area contributed by atoms with Crippen LogP contribution in [-0.2, 0) is 13.0 Å². The van der Waals surface area contributed by atoms with E-state index in [2.05, 4.69) is 13.0 Å². The Hall–Kier alpha value is -1.02. The third-order valence-electron chi connectivity index (χ3n) is 1.98. The van der Waals surface area contributed by atoms with Gasteiger partial charge in [0.1, 0.15) is 5.75 Å². The van der Waals surface area contributed by atoms with Crippen molar-refractivity contribution in [3.8, 4) is 5.75 Å². The van der Waals surface area contributed by atoms with Crippen LogP contribution in [0, 0.1) is 0 Å². The Morgan fingerprint density at radius 1 is 1.33 bits per heavy atom. The van der Waals surface area contributed by atoms with Crippen LogP contribution in [0.3, 0.4) is 0 Å². The number of benzene rings is 1. The molecule has 0 radical (unpaired) electrons. The molecule has 0 aliphatic carbocycles. The number of aryl methyl sites for hydroxylation is 1. The van der Waals surface area contributed by atoms with Crippen molar-refractivity contribution in [3.63, 3.8) is 0 Å². The summed E-state index contributed by atoms with van der Waals surface area (Å²) in [5.41, 5.74) is 7.87. The van der Waals surface area contributed by atoms with Crippen molar-refractivity contribution in [1.82, 2.24) is 0 Å². The zero-order chi connectivity index (χ0) is 8.97. The third kappa shape index (κ3) is 1.59. The monoisotopic (exact) mass is 165 g/mol. The molecular formula is C10H15NO. The molecule has 0 atom stereocenters. The van der Waals surface area contributed by atoms with Crippen molar-refractivity contribution in [1.29, 1.82) is 0 Å². The predicted molar refractivity (Wildman–Crippen MR) is 50.3 cm³/mol. The molecule has 12 heavy (non-hydrogen) atoms. The predicted octanol–water partition coefficient (Wildman–Crippen LogP) is 1.72. The quantitative estimate of drug-likeness (QED) is 0.740. The van der Waals surface area contributed by atoms with Gasteiger partial charge in [-0.2, -0.15) is 0 Å². The first-order valence-corrected chi connectivity index (χ1v) is 4.18. The number of methoxy groups -OCH3 is 1. The van der Waals surface area contributed by atoms with Gasteiger partial charge in [0.05, 0.1) is 7.11 Å². The number of rotatable bonds is 3. The summed E-state index contributed by atoms with van der Waals surface area (Å²) < 4.78 is 5.28. The Morgan fingerprint density at radius 2 is 2.00 bits per heavy atom. The fourth-order valence-electron chi connectivity index (χ4n) is 1.34. The van der Waals surface area contributed by atoms with E-state index in [4.69, 9.17) is 10.5 Å². The van der Waals surface area contributed by atoms with Crippen LogP contribution in [0.25, 0.3) is 0 Å². The first-order chi connectivity index (χ1) is 5.83. The summed E-state index contributed by atoms with van der Waals surface area (Å²) in [6, 6.07) is 6.08. The molecular weight excluding hydrogens is 150 g/mol. The summed E-state index contributed by atoms with van der Waals surface area (Å²) in [6.07, 6.45) is 0.983. The summed E-state index contributed by atoms with van der Waals surface area (Å²) >= 11 is 0. The van der Waals surface area contributed by atoms with Crippen molar-refractivity contribution in [2.45, 2.75) is 19.9 Å². The Kier molecular flexibility index (Phi) is 3.11. The molecule has 66 valence electrons. The number of nitrogens with two attached hydrogens (primary N) is 1. The van der Waals surface area contributed by atoms with Gasteiger partial charge in [0.15, 0.2) is 0 Å². The maximum absolute atomic E-state index is 5.57. The molecule has 1 aromatic carbocycles. The van der Waals surface area contributed by atoms with Crippen LogP contribution in [0.15, 0.2) is 18.2 Å². The van der Waals surface area contributed by atoms with Crippen molar-refractivity contribution < 1.29 is 4.74 Å². The van der Waals surface area contributed by atoms with Gasteiger partial charge >= 0.3 is 0 Å². The topological polar surface area (TPSA) is 35.2 Å². The van der Waals surface area contributed by atoms with E-state index in [1.807, 2.05) is 12.1 Å². The average Bonchev–Trinajstić information content (AvgIpc) is 2.16. The van der Waals surface area contributed by atoms with Gasteiger partial charge in [-0.15, -0.1) is 0 Å². The van der Waals surface area contributed by atoms with Gasteiger partial charge in [0, 0.05) is 12.1 Å². The van der Waals surface area contributed by atoms with Gasteiger partial charge in [-0.25, -0.2) is 0 Å². The van der Waals surface area contributed by atoms with E-state index in [9.17, 15) is 0 Å². The Balaban J connectivity index is 3.13. The first kappa shape index (κ1) is 9.07. The fraction of sp³-hybridized carbons (Fsp3) is 0.400. The summed E-state index contributed by atoms with van der Waals surface area (Å²) in [5, 5.41) is 0. The highest BCUT2D eigenvalue weighted by Gasteiger charge is 2.04. The summed E-state index contributed by atoms with van der Waals surface area (Å²) in [5.74, 6) is 0.947. The molecule has 0 unspecified atom stereocenters. The van der Waals surface area contributed by atoms with Crippen molar-refractivity contribution in [2.75, 3.05) is 7.11 Å². The Morgan fingerprint density at radius 3 is 2.50 bits per heavy atom. The normalized spacial score (nSPS) is 9.92. The standard InChI is InChI=1S/C10H15NO/c1-3-8-5-4-6-9(7-11)10(8)12-2/h4-6H,3,7,11H2,1-2H3. The minimum atomic E-state index is 0.539. The first-order valence-electron chi connectivity index (χ1n) is 4.18. The van der Waals surface area contributed by atoms with Crippen molar-refractivity contribution in [2.24, 2.45) is 5.73 Å². The summed E-state index contributed by atoms with van der Waals surface area (Å²) in [4.78, 5) is 0. The lowest BCUT2D eigenvalue weighted by atomic mass is 10.1. The third-order valence-corrected chi connectivity index (χ3v) is 1.98. The molecule has 0 aromatic heterocycles. The van der Waals surface area contributed by atoms with E-state index in [-0.39, 0.29) is 0 Å². The highest BCUT2D eigenvalue weighted by molar-refractivity contribution is 5.41. The van der Waals surface area contributed by atoms with E-state index in [0.29, 0.717) is 6.54 Å². The molecule has 0 aliphatic heterocycles. The summed E-state index contributed by atoms with van der Waals surface area (Å²) in [6.45, 7) is 2.65. The molecule has 0 fully saturated rings. The number of hydrogen-bond donors (Lipinski definition) is 1. The molecule has 0 saturated carbocycles. The fourth-order valence-corrected chi connectivity index (χ4v) is 1.34. The second-order valence-electron chi connectivity index (χ2n) is 2.67. The zero-order valence-corrected chi connectivity index (χ0v) is 7.63. The van der Waals surface area contributed by atoms with Crippen LogP contribution in [0.1, 0.15) is 18.1 Å². The smallest absolute Gasteiger partial charge is 0.126 e. The van der Waals surface area contributed by atoms with Crippen LogP contribution in [-0.4, -0.2) is 7.11 Å². The SMILES string of the molecule is CCc1cccc(CN)c1OC. The van der Waals surface area contributed by atoms with Crippen LogP contribution in [0.2, 0.25) is 0 Å². The van der Waals surface area contributed by atoms with Gasteiger partial charge in [0.25, 0.3) is 0 Å². The number of ether oxygens (including phenoxy) is 1. The Bertz CT molecular complexity index is 236. The highest BCUT2D eigenvalue weighted by Crippen LogP contribution is 2.23. The Labute approximate surface area is 73.3 Å². The van der Waals surface area contributed by atoms with Gasteiger partial charge in [-0.3, -0.25) is 0 Å². The van der Waals surface area contributed by atoms with Crippen LogP contribution in [0.5, 0.6) is 5.75 Å². The molecule has 0 bridgehead atoms. The molecule has 1 rings (SSSR count). The van der Waals surface area contributed by atoms with Crippen LogP contribution in [0.4, 0.5) is 0 Å². The summed E-state index contributed by atoms with van der Waals surface area (Å²) in [7, 11) is 1.69. The number of para-hydroxylation sites is 1. The molecule has 0 amide bonds. The molecule has 0 spiro atoms. The molecule has 2 nitrogen and oxygen atoms in total. The maximum Gasteiger partial charge on any atom is 0.126 e. The molecule has 0 saturated heterocycles. The average molecular weight is 165 g/mol. The second kappa shape index (κ2) is 4.12. The molecule has 2 heteroatoms.